The monoisotopic (exact) mass is 299 g/mol. The number of amides is 1. The molecule has 1 unspecified atom stereocenters. The molecule has 1 aromatic rings. The number of pyridine rings is 1. The molecule has 1 rings (SSSR count). The number of halogens is 1. The van der Waals surface area contributed by atoms with Gasteiger partial charge in [0.25, 0.3) is 0 Å². The maximum atomic E-state index is 11.8. The molecule has 0 fully saturated rings. The fourth-order valence-corrected chi connectivity index (χ4v) is 1.53. The van der Waals surface area contributed by atoms with E-state index in [0.717, 1.165) is 4.47 Å². The van der Waals surface area contributed by atoms with Gasteiger partial charge in [-0.15, -0.1) is 0 Å². The first-order chi connectivity index (χ1) is 7.80. The van der Waals surface area contributed by atoms with E-state index in [9.17, 15) is 4.79 Å². The summed E-state index contributed by atoms with van der Waals surface area (Å²) in [4.78, 5) is 15.7. The molecule has 0 aliphatic heterocycles. The zero-order valence-corrected chi connectivity index (χ0v) is 11.9. The van der Waals surface area contributed by atoms with Gasteiger partial charge in [0, 0.05) is 24.9 Å². The summed E-state index contributed by atoms with van der Waals surface area (Å²) in [6.07, 6.45) is 3.57. The molecular formula is C12H18BrN3O. The minimum atomic E-state index is -0.164. The van der Waals surface area contributed by atoms with Crippen LogP contribution in [0.1, 0.15) is 27.2 Å². The Balaban J connectivity index is 2.60. The van der Waals surface area contributed by atoms with Crippen LogP contribution in [0.3, 0.4) is 0 Å². The highest BCUT2D eigenvalue weighted by molar-refractivity contribution is 9.10. The largest absolute Gasteiger partial charge is 0.327 e. The fourth-order valence-electron chi connectivity index (χ4n) is 1.18. The van der Waals surface area contributed by atoms with Crippen molar-refractivity contribution in [1.29, 1.82) is 0 Å². The number of hydrogen-bond donors (Lipinski definition) is 2. The van der Waals surface area contributed by atoms with Gasteiger partial charge in [0.05, 0.1) is 10.2 Å². The Labute approximate surface area is 110 Å². The summed E-state index contributed by atoms with van der Waals surface area (Å²) in [5.74, 6) is -0.0840. The molecule has 0 radical (unpaired) electrons. The van der Waals surface area contributed by atoms with Crippen molar-refractivity contribution in [3.05, 3.63) is 22.9 Å². The molecule has 94 valence electrons. The maximum absolute atomic E-state index is 11.8. The topological polar surface area (TPSA) is 68.0 Å². The average Bonchev–Trinajstić information content (AvgIpc) is 2.20. The van der Waals surface area contributed by atoms with Crippen LogP contribution in [-0.2, 0) is 4.79 Å². The number of anilines is 1. The van der Waals surface area contributed by atoms with Gasteiger partial charge in [-0.3, -0.25) is 9.78 Å². The van der Waals surface area contributed by atoms with Crippen LogP contribution >= 0.6 is 15.9 Å². The Morgan fingerprint density at radius 2 is 2.24 bits per heavy atom. The molecule has 4 nitrogen and oxygen atoms in total. The van der Waals surface area contributed by atoms with Crippen LogP contribution in [0.25, 0.3) is 0 Å². The number of nitrogens with one attached hydrogen (secondary N) is 1. The lowest BCUT2D eigenvalue weighted by atomic mass is 9.85. The highest BCUT2D eigenvalue weighted by atomic mass is 79.9. The Bertz CT molecular complexity index is 401. The van der Waals surface area contributed by atoms with Crippen molar-refractivity contribution in [3.8, 4) is 0 Å². The van der Waals surface area contributed by atoms with Crippen LogP contribution in [-0.4, -0.2) is 16.9 Å². The Kier molecular flexibility index (Phi) is 4.65. The molecule has 0 spiro atoms. The van der Waals surface area contributed by atoms with E-state index < -0.39 is 0 Å². The first kappa shape index (κ1) is 14.1. The van der Waals surface area contributed by atoms with Crippen LogP contribution in [0, 0.1) is 5.41 Å². The maximum Gasteiger partial charge on any atom is 0.225 e. The average molecular weight is 300 g/mol. The summed E-state index contributed by atoms with van der Waals surface area (Å²) in [7, 11) is 0. The molecule has 5 heteroatoms. The van der Waals surface area contributed by atoms with Crippen molar-refractivity contribution >= 4 is 27.5 Å². The van der Waals surface area contributed by atoms with Crippen LogP contribution in [0.5, 0.6) is 0 Å². The third-order valence-electron chi connectivity index (χ3n) is 2.56. The Morgan fingerprint density at radius 1 is 1.59 bits per heavy atom. The quantitative estimate of drug-likeness (QED) is 0.901. The predicted octanol–water partition coefficient (Wildman–Crippen LogP) is 2.55. The van der Waals surface area contributed by atoms with E-state index in [2.05, 4.69) is 26.2 Å². The molecular weight excluding hydrogens is 282 g/mol. The Hall–Kier alpha value is -0.940. The van der Waals surface area contributed by atoms with E-state index in [0.29, 0.717) is 12.1 Å². The fraction of sp³-hybridized carbons (Fsp3) is 0.500. The SMILES string of the molecule is CC(C)(C)C(N)CC(=O)Nc1ccncc1Br. The summed E-state index contributed by atoms with van der Waals surface area (Å²) in [5, 5.41) is 2.81. The molecule has 0 saturated carbocycles. The first-order valence-corrected chi connectivity index (χ1v) is 6.25. The lowest BCUT2D eigenvalue weighted by molar-refractivity contribution is -0.117. The van der Waals surface area contributed by atoms with Gasteiger partial charge >= 0.3 is 0 Å². The van der Waals surface area contributed by atoms with Crippen molar-refractivity contribution in [2.24, 2.45) is 11.1 Å². The molecule has 1 atom stereocenters. The molecule has 0 aliphatic carbocycles. The molecule has 1 aromatic heterocycles. The van der Waals surface area contributed by atoms with Gasteiger partial charge in [-0.25, -0.2) is 0 Å². The number of aromatic nitrogens is 1. The van der Waals surface area contributed by atoms with Crippen molar-refractivity contribution in [1.82, 2.24) is 4.98 Å². The number of carbonyl (C=O) groups excluding carboxylic acids is 1. The second kappa shape index (κ2) is 5.60. The van der Waals surface area contributed by atoms with Crippen molar-refractivity contribution in [2.75, 3.05) is 5.32 Å². The molecule has 0 saturated heterocycles. The van der Waals surface area contributed by atoms with Crippen LogP contribution in [0.4, 0.5) is 5.69 Å². The second-order valence-electron chi connectivity index (χ2n) is 5.08. The van der Waals surface area contributed by atoms with Crippen molar-refractivity contribution in [2.45, 2.75) is 33.2 Å². The van der Waals surface area contributed by atoms with Gasteiger partial charge in [-0.05, 0) is 27.4 Å². The number of nitrogens with zero attached hydrogens (tertiary/aromatic N) is 1. The minimum Gasteiger partial charge on any atom is -0.327 e. The lowest BCUT2D eigenvalue weighted by Crippen LogP contribution is -2.38. The van der Waals surface area contributed by atoms with Gasteiger partial charge in [0.1, 0.15) is 0 Å². The van der Waals surface area contributed by atoms with E-state index in [-0.39, 0.29) is 17.4 Å². The van der Waals surface area contributed by atoms with Gasteiger partial charge in [-0.2, -0.15) is 0 Å². The summed E-state index contributed by atoms with van der Waals surface area (Å²) in [5.41, 5.74) is 6.60. The molecule has 0 aromatic carbocycles. The highest BCUT2D eigenvalue weighted by Gasteiger charge is 2.23. The smallest absolute Gasteiger partial charge is 0.225 e. The van der Waals surface area contributed by atoms with E-state index >= 15 is 0 Å². The normalized spacial score (nSPS) is 13.2. The number of carbonyl (C=O) groups is 1. The number of nitrogens with two attached hydrogens (primary N) is 1. The first-order valence-electron chi connectivity index (χ1n) is 5.45. The van der Waals surface area contributed by atoms with E-state index in [1.54, 1.807) is 18.5 Å². The van der Waals surface area contributed by atoms with E-state index in [1.165, 1.54) is 0 Å². The van der Waals surface area contributed by atoms with Crippen molar-refractivity contribution in [3.63, 3.8) is 0 Å². The third kappa shape index (κ3) is 4.44. The van der Waals surface area contributed by atoms with Gasteiger partial charge in [0.2, 0.25) is 5.91 Å². The van der Waals surface area contributed by atoms with Gasteiger partial charge < -0.3 is 11.1 Å². The molecule has 3 N–H and O–H groups in total. The summed E-state index contributed by atoms with van der Waals surface area (Å²) in [6, 6.07) is 1.58. The zero-order valence-electron chi connectivity index (χ0n) is 10.3. The van der Waals surface area contributed by atoms with Crippen LogP contribution in [0.2, 0.25) is 0 Å². The van der Waals surface area contributed by atoms with Gasteiger partial charge in [-0.1, -0.05) is 20.8 Å². The lowest BCUT2D eigenvalue weighted by Gasteiger charge is -2.26. The van der Waals surface area contributed by atoms with Gasteiger partial charge in [0.15, 0.2) is 0 Å². The molecule has 1 heterocycles. The Morgan fingerprint density at radius 3 is 2.76 bits per heavy atom. The minimum absolute atomic E-state index is 0.0766. The van der Waals surface area contributed by atoms with E-state index in [4.69, 9.17) is 5.73 Å². The standard InChI is InChI=1S/C12H18BrN3O/c1-12(2,3)10(14)6-11(17)16-9-4-5-15-7-8(9)13/h4-5,7,10H,6,14H2,1-3H3,(H,15,16,17). The number of hydrogen-bond acceptors (Lipinski definition) is 3. The molecule has 1 amide bonds. The predicted molar refractivity (Wildman–Crippen MR) is 72.6 cm³/mol. The van der Waals surface area contributed by atoms with Crippen LogP contribution < -0.4 is 11.1 Å². The van der Waals surface area contributed by atoms with Crippen molar-refractivity contribution < 1.29 is 4.79 Å². The zero-order chi connectivity index (χ0) is 13.1. The van der Waals surface area contributed by atoms with E-state index in [1.807, 2.05) is 20.8 Å². The molecule has 17 heavy (non-hydrogen) atoms. The summed E-state index contributed by atoms with van der Waals surface area (Å²) >= 11 is 3.32. The van der Waals surface area contributed by atoms with Crippen LogP contribution in [0.15, 0.2) is 22.9 Å². The number of rotatable bonds is 3. The molecule has 0 bridgehead atoms. The summed E-state index contributed by atoms with van der Waals surface area (Å²) < 4.78 is 0.762. The second-order valence-corrected chi connectivity index (χ2v) is 5.93. The molecule has 0 aliphatic rings. The highest BCUT2D eigenvalue weighted by Crippen LogP contribution is 2.22. The summed E-state index contributed by atoms with van der Waals surface area (Å²) in [6.45, 7) is 6.06. The third-order valence-corrected chi connectivity index (χ3v) is 3.20.